The third-order valence-corrected chi connectivity index (χ3v) is 4.63. The summed E-state index contributed by atoms with van der Waals surface area (Å²) in [5, 5.41) is 17.1. The van der Waals surface area contributed by atoms with Crippen LogP contribution in [-0.2, 0) is 4.79 Å². The molecule has 0 atom stereocenters. The fraction of sp³-hybridized carbons (Fsp3) is 0.174. The number of rotatable bonds is 5. The standard InChI is InChI=1S/C23H20N4O/c1-16-6-5-7-17(12-16)22-19(13-18(14-24)23(28)25-20-10-11-20)15-27(26-22)21-8-3-2-4-9-21/h2-9,12-13,15,20H,10-11H2,1H3,(H,25,28)/b18-13+. The number of carbonyl (C=O) groups is 1. The third-order valence-electron chi connectivity index (χ3n) is 4.63. The van der Waals surface area contributed by atoms with Crippen molar-refractivity contribution in [2.24, 2.45) is 0 Å². The first kappa shape index (κ1) is 17.7. The Hall–Kier alpha value is -3.65. The van der Waals surface area contributed by atoms with E-state index < -0.39 is 0 Å². The summed E-state index contributed by atoms with van der Waals surface area (Å²) in [4.78, 5) is 12.4. The van der Waals surface area contributed by atoms with E-state index in [9.17, 15) is 10.1 Å². The predicted molar refractivity (Wildman–Crippen MR) is 108 cm³/mol. The van der Waals surface area contributed by atoms with Gasteiger partial charge >= 0.3 is 0 Å². The van der Waals surface area contributed by atoms with Crippen molar-refractivity contribution in [3.8, 4) is 23.0 Å². The largest absolute Gasteiger partial charge is 0.349 e. The highest BCUT2D eigenvalue weighted by molar-refractivity contribution is 6.02. The van der Waals surface area contributed by atoms with Gasteiger partial charge in [0.25, 0.3) is 5.91 Å². The van der Waals surface area contributed by atoms with Crippen molar-refractivity contribution < 1.29 is 4.79 Å². The van der Waals surface area contributed by atoms with Gasteiger partial charge < -0.3 is 5.32 Å². The lowest BCUT2D eigenvalue weighted by Crippen LogP contribution is -2.26. The van der Waals surface area contributed by atoms with Gasteiger partial charge in [-0.25, -0.2) is 4.68 Å². The number of aromatic nitrogens is 2. The van der Waals surface area contributed by atoms with Crippen LogP contribution in [0.1, 0.15) is 24.0 Å². The van der Waals surface area contributed by atoms with Crippen LogP contribution in [0.15, 0.2) is 66.4 Å². The van der Waals surface area contributed by atoms with Crippen molar-refractivity contribution in [2.75, 3.05) is 0 Å². The molecule has 5 heteroatoms. The molecule has 0 radical (unpaired) electrons. The summed E-state index contributed by atoms with van der Waals surface area (Å²) < 4.78 is 1.78. The second-order valence-corrected chi connectivity index (χ2v) is 7.00. The van der Waals surface area contributed by atoms with Gasteiger partial charge in [-0.15, -0.1) is 0 Å². The molecule has 0 bridgehead atoms. The molecule has 0 unspecified atom stereocenters. The number of nitrogens with zero attached hydrogens (tertiary/aromatic N) is 3. The summed E-state index contributed by atoms with van der Waals surface area (Å²) >= 11 is 0. The van der Waals surface area contributed by atoms with E-state index in [0.29, 0.717) is 0 Å². The zero-order valence-corrected chi connectivity index (χ0v) is 15.6. The monoisotopic (exact) mass is 368 g/mol. The fourth-order valence-corrected chi connectivity index (χ4v) is 3.02. The first-order valence-corrected chi connectivity index (χ1v) is 9.29. The maximum Gasteiger partial charge on any atom is 0.262 e. The van der Waals surface area contributed by atoms with E-state index in [1.807, 2.05) is 73.8 Å². The molecule has 5 nitrogen and oxygen atoms in total. The van der Waals surface area contributed by atoms with Gasteiger partial charge in [0.2, 0.25) is 0 Å². The van der Waals surface area contributed by atoms with Crippen LogP contribution >= 0.6 is 0 Å². The fourth-order valence-electron chi connectivity index (χ4n) is 3.02. The Balaban J connectivity index is 1.80. The Morgan fingerprint density at radius 2 is 2.00 bits per heavy atom. The number of hydrogen-bond donors (Lipinski definition) is 1. The Kier molecular flexibility index (Phi) is 4.77. The summed E-state index contributed by atoms with van der Waals surface area (Å²) in [5.41, 5.74) is 4.54. The summed E-state index contributed by atoms with van der Waals surface area (Å²) in [6.07, 6.45) is 5.44. The summed E-state index contributed by atoms with van der Waals surface area (Å²) in [6.45, 7) is 2.02. The number of amides is 1. The van der Waals surface area contributed by atoms with E-state index in [1.165, 1.54) is 0 Å². The molecule has 28 heavy (non-hydrogen) atoms. The number of carbonyl (C=O) groups excluding carboxylic acids is 1. The SMILES string of the molecule is Cc1cccc(-c2nn(-c3ccccc3)cc2/C=C(\C#N)C(=O)NC2CC2)c1. The van der Waals surface area contributed by atoms with Gasteiger partial charge in [0.1, 0.15) is 17.3 Å². The van der Waals surface area contributed by atoms with Gasteiger partial charge in [0.15, 0.2) is 0 Å². The van der Waals surface area contributed by atoms with Gasteiger partial charge in [-0.05, 0) is 44.0 Å². The Morgan fingerprint density at radius 1 is 1.21 bits per heavy atom. The molecule has 1 heterocycles. The Morgan fingerprint density at radius 3 is 2.68 bits per heavy atom. The molecular weight excluding hydrogens is 348 g/mol. The van der Waals surface area contributed by atoms with Crippen LogP contribution in [0.2, 0.25) is 0 Å². The zero-order valence-electron chi connectivity index (χ0n) is 15.6. The van der Waals surface area contributed by atoms with Crippen molar-refractivity contribution in [3.63, 3.8) is 0 Å². The highest BCUT2D eigenvalue weighted by Gasteiger charge is 2.25. The molecule has 1 fully saturated rings. The van der Waals surface area contributed by atoms with Gasteiger partial charge in [0.05, 0.1) is 5.69 Å². The average Bonchev–Trinajstić information content (AvgIpc) is 3.42. The molecule has 0 spiro atoms. The lowest BCUT2D eigenvalue weighted by molar-refractivity contribution is -0.117. The van der Waals surface area contributed by atoms with Crippen LogP contribution in [0.4, 0.5) is 0 Å². The maximum absolute atomic E-state index is 12.4. The van der Waals surface area contributed by atoms with E-state index in [4.69, 9.17) is 5.10 Å². The van der Waals surface area contributed by atoms with Crippen molar-refractivity contribution in [1.82, 2.24) is 15.1 Å². The normalized spacial score (nSPS) is 13.8. The molecule has 1 saturated carbocycles. The van der Waals surface area contributed by atoms with Crippen LogP contribution in [0.5, 0.6) is 0 Å². The molecule has 4 rings (SSSR count). The van der Waals surface area contributed by atoms with Crippen molar-refractivity contribution in [1.29, 1.82) is 5.26 Å². The second kappa shape index (κ2) is 7.53. The van der Waals surface area contributed by atoms with Gasteiger partial charge in [-0.1, -0.05) is 42.0 Å². The lowest BCUT2D eigenvalue weighted by Gasteiger charge is -2.03. The molecule has 3 aromatic rings. The quantitative estimate of drug-likeness (QED) is 0.546. The molecule has 0 saturated heterocycles. The van der Waals surface area contributed by atoms with Crippen molar-refractivity contribution in [3.05, 3.63) is 77.5 Å². The Bertz CT molecular complexity index is 1090. The predicted octanol–water partition coefficient (Wildman–Crippen LogP) is 4.03. The van der Waals surface area contributed by atoms with Crippen LogP contribution < -0.4 is 5.32 Å². The minimum atomic E-state index is -0.326. The highest BCUT2D eigenvalue weighted by Crippen LogP contribution is 2.27. The molecule has 1 aliphatic rings. The summed E-state index contributed by atoms with van der Waals surface area (Å²) in [5.74, 6) is -0.326. The average molecular weight is 368 g/mol. The number of aryl methyl sites for hydroxylation is 1. The molecule has 2 aromatic carbocycles. The smallest absolute Gasteiger partial charge is 0.262 e. The van der Waals surface area contributed by atoms with Crippen LogP contribution in [-0.4, -0.2) is 21.7 Å². The van der Waals surface area contributed by atoms with E-state index in [-0.39, 0.29) is 17.5 Å². The number of nitrogens with one attached hydrogen (secondary N) is 1. The minimum absolute atomic E-state index is 0.0911. The molecular formula is C23H20N4O. The molecule has 0 aliphatic heterocycles. The topological polar surface area (TPSA) is 70.7 Å². The first-order chi connectivity index (χ1) is 13.6. The van der Waals surface area contributed by atoms with Crippen molar-refractivity contribution >= 4 is 12.0 Å². The Labute approximate surface area is 163 Å². The van der Waals surface area contributed by atoms with Gasteiger partial charge in [0, 0.05) is 23.4 Å². The maximum atomic E-state index is 12.4. The zero-order chi connectivity index (χ0) is 19.5. The van der Waals surface area contributed by atoms with Crippen LogP contribution in [0.25, 0.3) is 23.0 Å². The number of nitriles is 1. The third kappa shape index (κ3) is 3.86. The molecule has 1 aromatic heterocycles. The van der Waals surface area contributed by atoms with Crippen molar-refractivity contribution in [2.45, 2.75) is 25.8 Å². The van der Waals surface area contributed by atoms with Crippen LogP contribution in [0.3, 0.4) is 0 Å². The van der Waals surface area contributed by atoms with E-state index in [0.717, 1.165) is 40.9 Å². The van der Waals surface area contributed by atoms with E-state index in [2.05, 4.69) is 5.32 Å². The highest BCUT2D eigenvalue weighted by atomic mass is 16.1. The lowest BCUT2D eigenvalue weighted by atomic mass is 10.0. The minimum Gasteiger partial charge on any atom is -0.349 e. The number of hydrogen-bond acceptors (Lipinski definition) is 3. The molecule has 1 aliphatic carbocycles. The van der Waals surface area contributed by atoms with E-state index >= 15 is 0 Å². The number of para-hydroxylation sites is 1. The van der Waals surface area contributed by atoms with Crippen LogP contribution in [0, 0.1) is 18.3 Å². The second-order valence-electron chi connectivity index (χ2n) is 7.00. The molecule has 1 amide bonds. The molecule has 138 valence electrons. The van der Waals surface area contributed by atoms with Gasteiger partial charge in [-0.3, -0.25) is 4.79 Å². The molecule has 1 N–H and O–H groups in total. The number of benzene rings is 2. The first-order valence-electron chi connectivity index (χ1n) is 9.29. The summed E-state index contributed by atoms with van der Waals surface area (Å²) in [7, 11) is 0. The van der Waals surface area contributed by atoms with E-state index in [1.54, 1.807) is 10.8 Å². The van der Waals surface area contributed by atoms with Gasteiger partial charge in [-0.2, -0.15) is 10.4 Å². The summed E-state index contributed by atoms with van der Waals surface area (Å²) in [6, 6.07) is 20.0.